The highest BCUT2D eigenvalue weighted by Crippen LogP contribution is 2.20. The lowest BCUT2D eigenvalue weighted by molar-refractivity contribution is 0.0293. The molecule has 3 N–H and O–H groups in total. The number of carbonyl (C=O) groups excluding carboxylic acids is 2. The second-order valence-corrected chi connectivity index (χ2v) is 6.62. The van der Waals surface area contributed by atoms with Crippen LogP contribution < -0.4 is 11.1 Å². The molecule has 2 amide bonds. The lowest BCUT2D eigenvalue weighted by Gasteiger charge is -2.24. The van der Waals surface area contributed by atoms with Crippen molar-refractivity contribution in [1.82, 2.24) is 4.90 Å². The Balaban J connectivity index is 1.97. The minimum Gasteiger partial charge on any atom is -0.444 e. The summed E-state index contributed by atoms with van der Waals surface area (Å²) in [6, 6.07) is 4.13. The summed E-state index contributed by atoms with van der Waals surface area (Å²) in [5, 5.41) is 3.19. The van der Waals surface area contributed by atoms with Gasteiger partial charge in [-0.05, 0) is 45.4 Å². The normalized spacial score (nSPS) is 17.9. The molecular formula is C16H22FN3O3. The molecule has 1 aliphatic heterocycles. The number of likely N-dealkylation sites (tertiary alicyclic amines) is 1. The van der Waals surface area contributed by atoms with Gasteiger partial charge in [0.15, 0.2) is 0 Å². The first-order valence-corrected chi connectivity index (χ1v) is 7.49. The number of nitrogens with zero attached hydrogens (tertiary/aromatic N) is 1. The number of hydrogen-bond acceptors (Lipinski definition) is 4. The lowest BCUT2D eigenvalue weighted by atomic mass is 10.1. The van der Waals surface area contributed by atoms with Crippen molar-refractivity contribution < 1.29 is 18.7 Å². The minimum absolute atomic E-state index is 0.00806. The van der Waals surface area contributed by atoms with Crippen LogP contribution in [-0.4, -0.2) is 41.6 Å². The van der Waals surface area contributed by atoms with E-state index in [0.717, 1.165) is 6.42 Å². The Kier molecular flexibility index (Phi) is 4.77. The number of hydrogen-bond donors (Lipinski definition) is 2. The molecule has 2 rings (SSSR count). The third-order valence-electron chi connectivity index (χ3n) is 3.44. The van der Waals surface area contributed by atoms with Gasteiger partial charge in [0.1, 0.15) is 11.4 Å². The van der Waals surface area contributed by atoms with E-state index in [2.05, 4.69) is 5.32 Å². The Morgan fingerprint density at radius 2 is 2.09 bits per heavy atom. The number of halogens is 1. The number of primary amides is 1. The first kappa shape index (κ1) is 17.1. The zero-order valence-electron chi connectivity index (χ0n) is 13.6. The molecule has 6 nitrogen and oxygen atoms in total. The molecule has 0 aliphatic carbocycles. The standard InChI is InChI=1S/C16H22FN3O3/c1-16(2,3)23-15(22)20-7-6-11(9-20)19-10-4-5-13(17)12(8-10)14(18)21/h4-5,8,11,19H,6-7,9H2,1-3H3,(H2,18,21). The van der Waals surface area contributed by atoms with Crippen LogP contribution in [0.1, 0.15) is 37.6 Å². The summed E-state index contributed by atoms with van der Waals surface area (Å²) in [6.07, 6.45) is 0.390. The summed E-state index contributed by atoms with van der Waals surface area (Å²) >= 11 is 0. The van der Waals surface area contributed by atoms with Crippen molar-refractivity contribution in [3.8, 4) is 0 Å². The molecule has 0 saturated carbocycles. The van der Waals surface area contributed by atoms with Crippen molar-refractivity contribution in [2.24, 2.45) is 5.73 Å². The quantitative estimate of drug-likeness (QED) is 0.894. The highest BCUT2D eigenvalue weighted by molar-refractivity contribution is 5.94. The molecule has 1 heterocycles. The fourth-order valence-electron chi connectivity index (χ4n) is 2.41. The maximum Gasteiger partial charge on any atom is 0.410 e. The van der Waals surface area contributed by atoms with E-state index in [1.165, 1.54) is 18.2 Å². The van der Waals surface area contributed by atoms with E-state index < -0.39 is 17.3 Å². The third kappa shape index (κ3) is 4.58. The monoisotopic (exact) mass is 323 g/mol. The van der Waals surface area contributed by atoms with Crippen LogP contribution in [0.2, 0.25) is 0 Å². The SMILES string of the molecule is CC(C)(C)OC(=O)N1CCC(Nc2ccc(F)c(C(N)=O)c2)C1. The summed E-state index contributed by atoms with van der Waals surface area (Å²) in [5.41, 5.74) is 5.04. The minimum atomic E-state index is -0.812. The van der Waals surface area contributed by atoms with Crippen molar-refractivity contribution in [3.05, 3.63) is 29.6 Å². The Hall–Kier alpha value is -2.31. The van der Waals surface area contributed by atoms with Crippen LogP contribution in [0.4, 0.5) is 14.9 Å². The van der Waals surface area contributed by atoms with E-state index in [1.807, 2.05) is 20.8 Å². The molecule has 1 aliphatic rings. The maximum atomic E-state index is 13.5. The number of amides is 2. The molecule has 1 fully saturated rings. The summed E-state index contributed by atoms with van der Waals surface area (Å²) in [6.45, 7) is 6.52. The summed E-state index contributed by atoms with van der Waals surface area (Å²) in [5.74, 6) is -1.46. The van der Waals surface area contributed by atoms with Crippen molar-refractivity contribution in [3.63, 3.8) is 0 Å². The molecule has 23 heavy (non-hydrogen) atoms. The van der Waals surface area contributed by atoms with E-state index in [0.29, 0.717) is 18.8 Å². The second-order valence-electron chi connectivity index (χ2n) is 6.62. The van der Waals surface area contributed by atoms with Gasteiger partial charge in [-0.2, -0.15) is 0 Å². The van der Waals surface area contributed by atoms with E-state index in [1.54, 1.807) is 4.90 Å². The van der Waals surface area contributed by atoms with Gasteiger partial charge in [0.05, 0.1) is 5.56 Å². The van der Waals surface area contributed by atoms with Crippen LogP contribution in [0.25, 0.3) is 0 Å². The average Bonchev–Trinajstić information content (AvgIpc) is 2.87. The molecule has 1 saturated heterocycles. The van der Waals surface area contributed by atoms with Gasteiger partial charge in [0.25, 0.3) is 5.91 Å². The smallest absolute Gasteiger partial charge is 0.410 e. The largest absolute Gasteiger partial charge is 0.444 e. The molecular weight excluding hydrogens is 301 g/mol. The number of ether oxygens (including phenoxy) is 1. The highest BCUT2D eigenvalue weighted by atomic mass is 19.1. The van der Waals surface area contributed by atoms with Crippen molar-refractivity contribution in [1.29, 1.82) is 0 Å². The van der Waals surface area contributed by atoms with Crippen molar-refractivity contribution in [2.75, 3.05) is 18.4 Å². The van der Waals surface area contributed by atoms with Gasteiger partial charge in [-0.3, -0.25) is 4.79 Å². The highest BCUT2D eigenvalue weighted by Gasteiger charge is 2.29. The van der Waals surface area contributed by atoms with Crippen LogP contribution in [-0.2, 0) is 4.74 Å². The van der Waals surface area contributed by atoms with Crippen LogP contribution in [0, 0.1) is 5.82 Å². The number of anilines is 1. The average molecular weight is 323 g/mol. The molecule has 126 valence electrons. The van der Waals surface area contributed by atoms with Crippen molar-refractivity contribution in [2.45, 2.75) is 38.8 Å². The van der Waals surface area contributed by atoms with Crippen LogP contribution in [0.3, 0.4) is 0 Å². The molecule has 0 radical (unpaired) electrons. The molecule has 0 spiro atoms. The third-order valence-corrected chi connectivity index (χ3v) is 3.44. The Morgan fingerprint density at radius 3 is 2.70 bits per heavy atom. The Bertz CT molecular complexity index is 613. The summed E-state index contributed by atoms with van der Waals surface area (Å²) in [4.78, 5) is 24.8. The Labute approximate surface area is 134 Å². The van der Waals surface area contributed by atoms with E-state index >= 15 is 0 Å². The van der Waals surface area contributed by atoms with Gasteiger partial charge in [-0.25, -0.2) is 9.18 Å². The van der Waals surface area contributed by atoms with Crippen LogP contribution in [0.15, 0.2) is 18.2 Å². The zero-order valence-corrected chi connectivity index (χ0v) is 13.6. The number of benzene rings is 1. The Morgan fingerprint density at radius 1 is 1.39 bits per heavy atom. The van der Waals surface area contributed by atoms with E-state index in [9.17, 15) is 14.0 Å². The van der Waals surface area contributed by atoms with Gasteiger partial charge in [0.2, 0.25) is 0 Å². The van der Waals surface area contributed by atoms with Crippen LogP contribution in [0.5, 0.6) is 0 Å². The molecule has 0 bridgehead atoms. The number of nitrogens with one attached hydrogen (secondary N) is 1. The van der Waals surface area contributed by atoms with Gasteiger partial charge in [0, 0.05) is 24.8 Å². The molecule has 0 aromatic heterocycles. The number of rotatable bonds is 3. The van der Waals surface area contributed by atoms with Gasteiger partial charge >= 0.3 is 6.09 Å². The van der Waals surface area contributed by atoms with Gasteiger partial charge in [-0.1, -0.05) is 0 Å². The van der Waals surface area contributed by atoms with E-state index in [4.69, 9.17) is 10.5 Å². The maximum absolute atomic E-state index is 13.5. The summed E-state index contributed by atoms with van der Waals surface area (Å²) < 4.78 is 18.8. The summed E-state index contributed by atoms with van der Waals surface area (Å²) in [7, 11) is 0. The second kappa shape index (κ2) is 6.44. The topological polar surface area (TPSA) is 84.7 Å². The van der Waals surface area contributed by atoms with Gasteiger partial charge in [-0.15, -0.1) is 0 Å². The van der Waals surface area contributed by atoms with Gasteiger partial charge < -0.3 is 20.7 Å². The predicted molar refractivity (Wildman–Crippen MR) is 84.8 cm³/mol. The number of carbonyl (C=O) groups is 2. The fraction of sp³-hybridized carbons (Fsp3) is 0.500. The van der Waals surface area contributed by atoms with E-state index in [-0.39, 0.29) is 17.7 Å². The fourth-order valence-corrected chi connectivity index (χ4v) is 2.41. The number of nitrogens with two attached hydrogens (primary N) is 1. The molecule has 1 aromatic rings. The van der Waals surface area contributed by atoms with Crippen LogP contribution >= 0.6 is 0 Å². The lowest BCUT2D eigenvalue weighted by Crippen LogP contribution is -2.36. The molecule has 1 aromatic carbocycles. The first-order chi connectivity index (χ1) is 10.7. The van der Waals surface area contributed by atoms with Crippen molar-refractivity contribution >= 4 is 17.7 Å². The molecule has 1 atom stereocenters. The molecule has 7 heteroatoms. The molecule has 1 unspecified atom stereocenters. The predicted octanol–water partition coefficient (Wildman–Crippen LogP) is 2.35. The first-order valence-electron chi connectivity index (χ1n) is 7.49. The zero-order chi connectivity index (χ0) is 17.2.